The van der Waals surface area contributed by atoms with Gasteiger partial charge in [-0.1, -0.05) is 6.92 Å². The second kappa shape index (κ2) is 5.90. The summed E-state index contributed by atoms with van der Waals surface area (Å²) in [5, 5.41) is 29.5. The summed E-state index contributed by atoms with van der Waals surface area (Å²) in [5.74, 6) is -0.976. The number of aliphatic hydroxyl groups excluding tert-OH is 2. The van der Waals surface area contributed by atoms with Crippen LogP contribution in [0, 0.1) is 0 Å². The molecule has 3 atom stereocenters. The average Bonchev–Trinajstić information content (AvgIpc) is 2.04. The number of aliphatic hydroxyl groups is 2. The smallest absolute Gasteiger partial charge is 0.317 e. The zero-order chi connectivity index (χ0) is 10.4. The molecule has 0 heterocycles. The van der Waals surface area contributed by atoms with Crippen LogP contribution in [0.3, 0.4) is 0 Å². The standard InChI is InChI=1S/C8H17NO4/c1-3-6(8(13)5(2)10)9-4-7(11)12/h5-6,8-10,13H,3-4H2,1-2H3,(H,11,12). The fourth-order valence-electron chi connectivity index (χ4n) is 1.06. The Morgan fingerprint density at radius 3 is 2.31 bits per heavy atom. The molecule has 0 radical (unpaired) electrons. The van der Waals surface area contributed by atoms with Gasteiger partial charge in [-0.3, -0.25) is 4.79 Å². The first kappa shape index (κ1) is 12.3. The van der Waals surface area contributed by atoms with E-state index in [2.05, 4.69) is 5.32 Å². The topological polar surface area (TPSA) is 89.8 Å². The van der Waals surface area contributed by atoms with Crippen LogP contribution >= 0.6 is 0 Å². The van der Waals surface area contributed by atoms with Crippen molar-refractivity contribution in [2.45, 2.75) is 38.5 Å². The van der Waals surface area contributed by atoms with Crippen molar-refractivity contribution in [2.75, 3.05) is 6.54 Å². The van der Waals surface area contributed by atoms with Crippen LogP contribution in [0.15, 0.2) is 0 Å². The largest absolute Gasteiger partial charge is 0.480 e. The van der Waals surface area contributed by atoms with E-state index in [0.717, 1.165) is 0 Å². The van der Waals surface area contributed by atoms with E-state index in [1.54, 1.807) is 0 Å². The van der Waals surface area contributed by atoms with Crippen molar-refractivity contribution in [3.05, 3.63) is 0 Å². The van der Waals surface area contributed by atoms with Crippen LogP contribution in [0.2, 0.25) is 0 Å². The number of nitrogens with one attached hydrogen (secondary N) is 1. The van der Waals surface area contributed by atoms with Gasteiger partial charge in [-0.25, -0.2) is 0 Å². The first-order valence-corrected chi connectivity index (χ1v) is 4.30. The maximum Gasteiger partial charge on any atom is 0.317 e. The number of carboxylic acid groups (broad SMARTS) is 1. The molecule has 4 N–H and O–H groups in total. The third-order valence-corrected chi connectivity index (χ3v) is 1.86. The van der Waals surface area contributed by atoms with Crippen molar-refractivity contribution in [2.24, 2.45) is 0 Å². The Hall–Kier alpha value is -0.650. The summed E-state index contributed by atoms with van der Waals surface area (Å²) < 4.78 is 0. The van der Waals surface area contributed by atoms with Gasteiger partial charge in [0, 0.05) is 6.04 Å². The summed E-state index contributed by atoms with van der Waals surface area (Å²) >= 11 is 0. The van der Waals surface area contributed by atoms with Crippen molar-refractivity contribution in [3.8, 4) is 0 Å². The lowest BCUT2D eigenvalue weighted by molar-refractivity contribution is -0.136. The molecule has 0 aliphatic rings. The molecule has 0 saturated heterocycles. The highest BCUT2D eigenvalue weighted by atomic mass is 16.4. The Labute approximate surface area is 77.4 Å². The van der Waals surface area contributed by atoms with Crippen LogP contribution in [-0.2, 0) is 4.79 Å². The quantitative estimate of drug-likeness (QED) is 0.440. The maximum atomic E-state index is 10.2. The first-order valence-electron chi connectivity index (χ1n) is 4.30. The zero-order valence-electron chi connectivity index (χ0n) is 7.90. The van der Waals surface area contributed by atoms with Crippen LogP contribution in [-0.4, -0.2) is 46.1 Å². The number of carbonyl (C=O) groups is 1. The summed E-state index contributed by atoms with van der Waals surface area (Å²) in [6.45, 7) is 3.07. The molecule has 0 aliphatic carbocycles. The molecule has 0 rings (SSSR count). The molecule has 0 saturated carbocycles. The third-order valence-electron chi connectivity index (χ3n) is 1.86. The van der Waals surface area contributed by atoms with Gasteiger partial charge in [-0.2, -0.15) is 0 Å². The Kier molecular flexibility index (Phi) is 5.61. The molecule has 5 heteroatoms. The van der Waals surface area contributed by atoms with Crippen LogP contribution in [0.1, 0.15) is 20.3 Å². The first-order chi connectivity index (χ1) is 5.99. The predicted molar refractivity (Wildman–Crippen MR) is 47.4 cm³/mol. The van der Waals surface area contributed by atoms with Crippen LogP contribution in [0.4, 0.5) is 0 Å². The van der Waals surface area contributed by atoms with E-state index >= 15 is 0 Å². The average molecular weight is 191 g/mol. The number of rotatable bonds is 6. The normalized spacial score (nSPS) is 17.8. The van der Waals surface area contributed by atoms with E-state index in [-0.39, 0.29) is 12.6 Å². The second-order valence-corrected chi connectivity index (χ2v) is 3.02. The summed E-state index contributed by atoms with van der Waals surface area (Å²) in [7, 11) is 0. The highest BCUT2D eigenvalue weighted by molar-refractivity contribution is 5.69. The Bertz CT molecular complexity index is 160. The third kappa shape index (κ3) is 4.82. The summed E-state index contributed by atoms with van der Waals surface area (Å²) in [6.07, 6.45) is -1.21. The maximum absolute atomic E-state index is 10.2. The van der Waals surface area contributed by atoms with Gasteiger partial charge >= 0.3 is 5.97 Å². The van der Waals surface area contributed by atoms with E-state index < -0.39 is 18.2 Å². The molecule has 0 spiro atoms. The summed E-state index contributed by atoms with van der Waals surface area (Å²) in [4.78, 5) is 10.2. The second-order valence-electron chi connectivity index (χ2n) is 3.02. The van der Waals surface area contributed by atoms with Gasteiger partial charge in [0.25, 0.3) is 0 Å². The van der Waals surface area contributed by atoms with Gasteiger partial charge < -0.3 is 20.6 Å². The molecule has 0 bridgehead atoms. The van der Waals surface area contributed by atoms with E-state index in [1.807, 2.05) is 6.92 Å². The molecule has 5 nitrogen and oxygen atoms in total. The molecule has 3 unspecified atom stereocenters. The molecule has 0 fully saturated rings. The van der Waals surface area contributed by atoms with E-state index in [0.29, 0.717) is 6.42 Å². The number of aliphatic carboxylic acids is 1. The monoisotopic (exact) mass is 191 g/mol. The fraction of sp³-hybridized carbons (Fsp3) is 0.875. The summed E-state index contributed by atoms with van der Waals surface area (Å²) in [6, 6.07) is -0.379. The van der Waals surface area contributed by atoms with E-state index in [1.165, 1.54) is 6.92 Å². The molecule has 0 amide bonds. The van der Waals surface area contributed by atoms with E-state index in [9.17, 15) is 9.90 Å². The summed E-state index contributed by atoms with van der Waals surface area (Å²) in [5.41, 5.74) is 0. The van der Waals surface area contributed by atoms with Gasteiger partial charge in [0.15, 0.2) is 0 Å². The molecule has 0 aliphatic heterocycles. The van der Waals surface area contributed by atoms with Gasteiger partial charge in [0.1, 0.15) is 0 Å². The lowest BCUT2D eigenvalue weighted by Gasteiger charge is -2.24. The van der Waals surface area contributed by atoms with Crippen molar-refractivity contribution in [3.63, 3.8) is 0 Å². The minimum absolute atomic E-state index is 0.206. The molecule has 0 aromatic rings. The lowest BCUT2D eigenvalue weighted by Crippen LogP contribution is -2.46. The SMILES string of the molecule is CCC(NCC(=O)O)C(O)C(C)O. The molecule has 78 valence electrons. The Morgan fingerprint density at radius 2 is 2.00 bits per heavy atom. The highest BCUT2D eigenvalue weighted by Gasteiger charge is 2.21. The van der Waals surface area contributed by atoms with Crippen molar-refractivity contribution in [1.82, 2.24) is 5.32 Å². The molecule has 0 aromatic carbocycles. The van der Waals surface area contributed by atoms with Crippen molar-refractivity contribution >= 4 is 5.97 Å². The number of hydrogen-bond donors (Lipinski definition) is 4. The lowest BCUT2D eigenvalue weighted by atomic mass is 10.0. The van der Waals surface area contributed by atoms with Gasteiger partial charge in [-0.15, -0.1) is 0 Å². The van der Waals surface area contributed by atoms with Crippen LogP contribution in [0.25, 0.3) is 0 Å². The van der Waals surface area contributed by atoms with Crippen molar-refractivity contribution < 1.29 is 20.1 Å². The predicted octanol–water partition coefficient (Wildman–Crippen LogP) is -0.819. The van der Waals surface area contributed by atoms with Gasteiger partial charge in [0.2, 0.25) is 0 Å². The van der Waals surface area contributed by atoms with E-state index in [4.69, 9.17) is 10.2 Å². The Balaban J connectivity index is 3.94. The van der Waals surface area contributed by atoms with Crippen LogP contribution < -0.4 is 5.32 Å². The molecular formula is C8H17NO4. The van der Waals surface area contributed by atoms with Gasteiger partial charge in [0.05, 0.1) is 18.8 Å². The Morgan fingerprint density at radius 1 is 1.46 bits per heavy atom. The van der Waals surface area contributed by atoms with Crippen LogP contribution in [0.5, 0.6) is 0 Å². The fourth-order valence-corrected chi connectivity index (χ4v) is 1.06. The molecule has 0 aromatic heterocycles. The number of hydrogen-bond acceptors (Lipinski definition) is 4. The minimum Gasteiger partial charge on any atom is -0.480 e. The highest BCUT2D eigenvalue weighted by Crippen LogP contribution is 2.03. The van der Waals surface area contributed by atoms with Gasteiger partial charge in [-0.05, 0) is 13.3 Å². The minimum atomic E-state index is -0.976. The molecular weight excluding hydrogens is 174 g/mol. The zero-order valence-corrected chi connectivity index (χ0v) is 7.90. The molecule has 13 heavy (non-hydrogen) atoms. The van der Waals surface area contributed by atoms with Crippen molar-refractivity contribution in [1.29, 1.82) is 0 Å². The number of carboxylic acids is 1.